The average Bonchev–Trinajstić information content (AvgIpc) is 2.67. The second-order valence-corrected chi connectivity index (χ2v) is 9.10. The smallest absolute Gasteiger partial charge is 0.251 e. The number of nitrogens with one attached hydrogen (secondary N) is 1. The van der Waals surface area contributed by atoms with E-state index in [0.29, 0.717) is 18.7 Å². The molecule has 0 aromatic heterocycles. The molecule has 0 atom stereocenters. The molecule has 152 valence electrons. The maximum atomic E-state index is 14.1. The van der Waals surface area contributed by atoms with Gasteiger partial charge in [0.05, 0.1) is 4.90 Å². The maximum Gasteiger partial charge on any atom is 0.251 e. The molecule has 0 radical (unpaired) electrons. The van der Waals surface area contributed by atoms with Gasteiger partial charge in [0.1, 0.15) is 5.82 Å². The van der Waals surface area contributed by atoms with E-state index in [1.54, 1.807) is 44.2 Å². The van der Waals surface area contributed by atoms with Gasteiger partial charge in [0.2, 0.25) is 10.0 Å². The molecule has 0 aliphatic carbocycles. The van der Waals surface area contributed by atoms with Crippen molar-refractivity contribution in [2.75, 3.05) is 19.6 Å². The van der Waals surface area contributed by atoms with Crippen LogP contribution in [0.4, 0.5) is 4.39 Å². The fraction of sp³-hybridized carbons (Fsp3) is 0.381. The van der Waals surface area contributed by atoms with Crippen molar-refractivity contribution in [3.05, 3.63) is 65.5 Å². The van der Waals surface area contributed by atoms with Gasteiger partial charge in [0.25, 0.3) is 5.91 Å². The van der Waals surface area contributed by atoms with E-state index in [2.05, 4.69) is 5.32 Å². The fourth-order valence-electron chi connectivity index (χ4n) is 3.02. The molecule has 0 heterocycles. The zero-order valence-corrected chi connectivity index (χ0v) is 17.5. The topological polar surface area (TPSA) is 66.5 Å². The Bertz CT molecular complexity index is 938. The van der Waals surface area contributed by atoms with E-state index >= 15 is 0 Å². The maximum absolute atomic E-state index is 14.1. The third-order valence-electron chi connectivity index (χ3n) is 4.73. The van der Waals surface area contributed by atoms with Crippen LogP contribution in [0.2, 0.25) is 0 Å². The van der Waals surface area contributed by atoms with Gasteiger partial charge in [-0.05, 0) is 29.8 Å². The highest BCUT2D eigenvalue weighted by molar-refractivity contribution is 7.89. The molecule has 2 aromatic rings. The minimum atomic E-state index is -3.65. The van der Waals surface area contributed by atoms with Gasteiger partial charge < -0.3 is 5.32 Å². The Kier molecular flexibility index (Phi) is 6.96. The average molecular weight is 407 g/mol. The highest BCUT2D eigenvalue weighted by Crippen LogP contribution is 2.25. The van der Waals surface area contributed by atoms with Crippen molar-refractivity contribution in [2.24, 2.45) is 0 Å². The quantitative estimate of drug-likeness (QED) is 0.729. The number of rotatable bonds is 8. The summed E-state index contributed by atoms with van der Waals surface area (Å²) >= 11 is 0. The molecule has 7 heteroatoms. The van der Waals surface area contributed by atoms with Gasteiger partial charge in [-0.2, -0.15) is 4.31 Å². The van der Waals surface area contributed by atoms with Crippen molar-refractivity contribution in [1.82, 2.24) is 9.62 Å². The predicted molar refractivity (Wildman–Crippen MR) is 108 cm³/mol. The molecule has 5 nitrogen and oxygen atoms in total. The minimum Gasteiger partial charge on any atom is -0.351 e. The van der Waals surface area contributed by atoms with Gasteiger partial charge >= 0.3 is 0 Å². The number of halogens is 1. The normalized spacial score (nSPS) is 12.2. The summed E-state index contributed by atoms with van der Waals surface area (Å²) in [6.07, 6.45) is 0. The number of hydrogen-bond donors (Lipinski definition) is 1. The van der Waals surface area contributed by atoms with E-state index < -0.39 is 21.3 Å². The summed E-state index contributed by atoms with van der Waals surface area (Å²) in [7, 11) is -3.65. The molecule has 2 rings (SSSR count). The number of hydrogen-bond acceptors (Lipinski definition) is 3. The van der Waals surface area contributed by atoms with Gasteiger partial charge in [-0.1, -0.05) is 52.0 Å². The lowest BCUT2D eigenvalue weighted by Crippen LogP contribution is -2.37. The van der Waals surface area contributed by atoms with Crippen LogP contribution in [-0.4, -0.2) is 38.3 Å². The summed E-state index contributed by atoms with van der Waals surface area (Å²) in [5.74, 6) is -0.727. The largest absolute Gasteiger partial charge is 0.351 e. The van der Waals surface area contributed by atoms with Gasteiger partial charge in [0, 0.05) is 30.6 Å². The highest BCUT2D eigenvalue weighted by atomic mass is 32.2. The van der Waals surface area contributed by atoms with Crippen molar-refractivity contribution in [2.45, 2.75) is 38.0 Å². The number of nitrogens with zero attached hydrogens (tertiary/aromatic N) is 1. The van der Waals surface area contributed by atoms with Crippen LogP contribution in [0, 0.1) is 5.82 Å². The summed E-state index contributed by atoms with van der Waals surface area (Å²) < 4.78 is 40.7. The molecular formula is C21H27FN2O3S. The summed E-state index contributed by atoms with van der Waals surface area (Å²) in [4.78, 5) is 12.7. The van der Waals surface area contributed by atoms with Crippen LogP contribution in [-0.2, 0) is 15.4 Å². The summed E-state index contributed by atoms with van der Waals surface area (Å²) in [5.41, 5.74) is 0.136. The third-order valence-corrected chi connectivity index (χ3v) is 6.78. The third kappa shape index (κ3) is 4.77. The molecular weight excluding hydrogens is 379 g/mol. The minimum absolute atomic E-state index is 0.0808. The van der Waals surface area contributed by atoms with Crippen molar-refractivity contribution < 1.29 is 17.6 Å². The van der Waals surface area contributed by atoms with Crippen molar-refractivity contribution in [3.63, 3.8) is 0 Å². The number of benzene rings is 2. The first-order chi connectivity index (χ1) is 13.1. The second-order valence-electron chi connectivity index (χ2n) is 7.16. The Morgan fingerprint density at radius 2 is 1.71 bits per heavy atom. The summed E-state index contributed by atoms with van der Waals surface area (Å²) in [6, 6.07) is 12.4. The fourth-order valence-corrected chi connectivity index (χ4v) is 4.52. The van der Waals surface area contributed by atoms with Gasteiger partial charge in [-0.15, -0.1) is 0 Å². The second kappa shape index (κ2) is 8.84. The standard InChI is InChI=1S/C21H27FN2O3S/c1-5-24(6-2)28(26,27)17-11-9-10-16(14-17)20(25)23-15-21(3,4)18-12-7-8-13-19(18)22/h7-14H,5-6,15H2,1-4H3,(H,23,25). The Morgan fingerprint density at radius 3 is 2.32 bits per heavy atom. The Morgan fingerprint density at radius 1 is 1.07 bits per heavy atom. The molecule has 0 aliphatic heterocycles. The molecule has 1 N–H and O–H groups in total. The van der Waals surface area contributed by atoms with Crippen LogP contribution in [0.15, 0.2) is 53.4 Å². The molecule has 0 spiro atoms. The molecule has 0 unspecified atom stereocenters. The van der Waals surface area contributed by atoms with Gasteiger partial charge in [-0.3, -0.25) is 4.79 Å². The Balaban J connectivity index is 2.19. The molecule has 0 bridgehead atoms. The summed E-state index contributed by atoms with van der Waals surface area (Å²) in [5, 5.41) is 2.79. The lowest BCUT2D eigenvalue weighted by atomic mass is 9.84. The van der Waals surface area contributed by atoms with E-state index in [1.807, 2.05) is 13.8 Å². The van der Waals surface area contributed by atoms with Crippen LogP contribution in [0.25, 0.3) is 0 Å². The zero-order chi connectivity index (χ0) is 20.9. The zero-order valence-electron chi connectivity index (χ0n) is 16.7. The number of sulfonamides is 1. The van der Waals surface area contributed by atoms with E-state index in [1.165, 1.54) is 22.5 Å². The first-order valence-electron chi connectivity index (χ1n) is 9.27. The van der Waals surface area contributed by atoms with Crippen molar-refractivity contribution >= 4 is 15.9 Å². The number of amides is 1. The Labute approximate surface area is 166 Å². The van der Waals surface area contributed by atoms with Gasteiger partial charge in [-0.25, -0.2) is 12.8 Å². The van der Waals surface area contributed by atoms with Crippen LogP contribution < -0.4 is 5.32 Å². The van der Waals surface area contributed by atoms with E-state index in [-0.39, 0.29) is 22.8 Å². The monoisotopic (exact) mass is 406 g/mol. The molecule has 0 saturated heterocycles. The SMILES string of the molecule is CCN(CC)S(=O)(=O)c1cccc(C(=O)NCC(C)(C)c2ccccc2F)c1. The molecule has 1 amide bonds. The van der Waals surface area contributed by atoms with Crippen LogP contribution in [0.3, 0.4) is 0 Å². The lowest BCUT2D eigenvalue weighted by Gasteiger charge is -2.26. The van der Waals surface area contributed by atoms with E-state index in [0.717, 1.165) is 0 Å². The van der Waals surface area contributed by atoms with Gasteiger partial charge in [0.15, 0.2) is 0 Å². The summed E-state index contributed by atoms with van der Waals surface area (Å²) in [6.45, 7) is 8.13. The highest BCUT2D eigenvalue weighted by Gasteiger charge is 2.26. The molecule has 0 fully saturated rings. The molecule has 28 heavy (non-hydrogen) atoms. The first-order valence-corrected chi connectivity index (χ1v) is 10.7. The van der Waals surface area contributed by atoms with Crippen LogP contribution >= 0.6 is 0 Å². The molecule has 2 aromatic carbocycles. The molecule has 0 aliphatic rings. The molecule has 0 saturated carbocycles. The number of carbonyl (C=O) groups excluding carboxylic acids is 1. The Hall–Kier alpha value is -2.25. The number of carbonyl (C=O) groups is 1. The van der Waals surface area contributed by atoms with Crippen molar-refractivity contribution in [3.8, 4) is 0 Å². The van der Waals surface area contributed by atoms with Crippen molar-refractivity contribution in [1.29, 1.82) is 0 Å². The van der Waals surface area contributed by atoms with E-state index in [4.69, 9.17) is 0 Å². The van der Waals surface area contributed by atoms with Crippen LogP contribution in [0.5, 0.6) is 0 Å². The van der Waals surface area contributed by atoms with Crippen LogP contribution in [0.1, 0.15) is 43.6 Å². The lowest BCUT2D eigenvalue weighted by molar-refractivity contribution is 0.0945. The van der Waals surface area contributed by atoms with E-state index in [9.17, 15) is 17.6 Å². The first kappa shape index (κ1) is 22.0. The predicted octanol–water partition coefficient (Wildman–Crippen LogP) is 3.56.